The fraction of sp³-hybridized carbons (Fsp3) is 0.400. The molecule has 0 aliphatic carbocycles. The number of rotatable bonds is 5. The minimum absolute atomic E-state index is 0.267. The molecule has 0 saturated carbocycles. The average molecular weight is 245 g/mol. The molecular weight excluding hydrogens is 230 g/mol. The van der Waals surface area contributed by atoms with Crippen LogP contribution in [0.4, 0.5) is 0 Å². The zero-order valence-electron chi connectivity index (χ0n) is 9.26. The molecule has 5 nitrogen and oxygen atoms in total. The number of para-hydroxylation sites is 1. The smallest absolute Gasteiger partial charge is 0.213 e. The molecule has 1 aromatic carbocycles. The van der Waals surface area contributed by atoms with Crippen molar-refractivity contribution in [2.24, 2.45) is 5.14 Å². The Morgan fingerprint density at radius 2 is 2.06 bits per heavy atom. The Kier molecular flexibility index (Phi) is 4.14. The van der Waals surface area contributed by atoms with Crippen LogP contribution in [-0.4, -0.2) is 22.1 Å². The van der Waals surface area contributed by atoms with E-state index in [9.17, 15) is 8.42 Å². The zero-order chi connectivity index (χ0) is 12.2. The van der Waals surface area contributed by atoms with Gasteiger partial charge in [-0.05, 0) is 13.0 Å². The maximum absolute atomic E-state index is 11.0. The van der Waals surface area contributed by atoms with Crippen LogP contribution in [0.3, 0.4) is 0 Å². The molecule has 90 valence electrons. The van der Waals surface area contributed by atoms with Crippen LogP contribution in [0.15, 0.2) is 18.2 Å². The summed E-state index contributed by atoms with van der Waals surface area (Å²) < 4.78 is 32.5. The second-order valence-corrected chi connectivity index (χ2v) is 4.80. The summed E-state index contributed by atoms with van der Waals surface area (Å²) in [5, 5.41) is 4.99. The third-order valence-electron chi connectivity index (χ3n) is 1.92. The van der Waals surface area contributed by atoms with Gasteiger partial charge >= 0.3 is 0 Å². The van der Waals surface area contributed by atoms with Crippen LogP contribution in [0.1, 0.15) is 12.5 Å². The van der Waals surface area contributed by atoms with Crippen LogP contribution in [0, 0.1) is 0 Å². The van der Waals surface area contributed by atoms with E-state index in [0.717, 1.165) is 0 Å². The summed E-state index contributed by atoms with van der Waals surface area (Å²) in [6.07, 6.45) is 0. The maximum atomic E-state index is 11.0. The Morgan fingerprint density at radius 3 is 2.56 bits per heavy atom. The largest absolute Gasteiger partial charge is 0.493 e. The average Bonchev–Trinajstić information content (AvgIpc) is 2.16. The van der Waals surface area contributed by atoms with Crippen molar-refractivity contribution in [3.8, 4) is 11.5 Å². The first kappa shape index (κ1) is 12.8. The maximum Gasteiger partial charge on any atom is 0.213 e. The molecule has 0 radical (unpaired) electrons. The van der Waals surface area contributed by atoms with E-state index in [2.05, 4.69) is 0 Å². The number of benzene rings is 1. The summed E-state index contributed by atoms with van der Waals surface area (Å²) in [6, 6.07) is 5.06. The molecule has 0 fully saturated rings. The summed E-state index contributed by atoms with van der Waals surface area (Å²) in [6.45, 7) is 2.32. The molecule has 1 rings (SSSR count). The van der Waals surface area contributed by atoms with Crippen LogP contribution in [0.25, 0.3) is 0 Å². The van der Waals surface area contributed by atoms with Crippen molar-refractivity contribution < 1.29 is 17.9 Å². The van der Waals surface area contributed by atoms with Gasteiger partial charge in [0, 0.05) is 5.56 Å². The first-order chi connectivity index (χ1) is 7.48. The number of sulfonamides is 1. The molecule has 0 spiro atoms. The van der Waals surface area contributed by atoms with Crippen LogP contribution >= 0.6 is 0 Å². The molecule has 0 saturated heterocycles. The molecule has 0 unspecified atom stereocenters. The highest BCUT2D eigenvalue weighted by atomic mass is 32.2. The Labute approximate surface area is 95.2 Å². The highest BCUT2D eigenvalue weighted by molar-refractivity contribution is 7.88. The Bertz CT molecular complexity index is 456. The summed E-state index contributed by atoms with van der Waals surface area (Å²) >= 11 is 0. The van der Waals surface area contributed by atoms with E-state index in [-0.39, 0.29) is 5.75 Å². The number of methoxy groups -OCH3 is 1. The molecule has 0 aliphatic rings. The van der Waals surface area contributed by atoms with Crippen LogP contribution < -0.4 is 14.6 Å². The van der Waals surface area contributed by atoms with Gasteiger partial charge in [0.1, 0.15) is 0 Å². The molecule has 0 aromatic heterocycles. The van der Waals surface area contributed by atoms with Crippen LogP contribution in [0.5, 0.6) is 11.5 Å². The Morgan fingerprint density at radius 1 is 1.38 bits per heavy atom. The fourth-order valence-corrected chi connectivity index (χ4v) is 2.05. The van der Waals surface area contributed by atoms with Gasteiger partial charge in [-0.25, -0.2) is 13.6 Å². The van der Waals surface area contributed by atoms with E-state index in [4.69, 9.17) is 14.6 Å². The molecule has 0 aliphatic heterocycles. The lowest BCUT2D eigenvalue weighted by atomic mass is 10.2. The lowest BCUT2D eigenvalue weighted by molar-refractivity contribution is 0.309. The number of hydrogen-bond donors (Lipinski definition) is 1. The van der Waals surface area contributed by atoms with Gasteiger partial charge < -0.3 is 9.47 Å². The molecule has 6 heteroatoms. The van der Waals surface area contributed by atoms with Crippen LogP contribution in [0.2, 0.25) is 0 Å². The van der Waals surface area contributed by atoms with Gasteiger partial charge in [-0.15, -0.1) is 0 Å². The Balaban J connectivity index is 3.13. The predicted molar refractivity (Wildman–Crippen MR) is 61.0 cm³/mol. The minimum atomic E-state index is -3.58. The number of primary sulfonamides is 1. The standard InChI is InChI=1S/C10H15NO4S/c1-3-15-9-6-4-5-8(10(9)14-2)7-16(11,12)13/h4-6H,3,7H2,1-2H3,(H2,11,12,13). The first-order valence-electron chi connectivity index (χ1n) is 4.77. The highest BCUT2D eigenvalue weighted by Crippen LogP contribution is 2.31. The lowest BCUT2D eigenvalue weighted by Gasteiger charge is -2.12. The first-order valence-corrected chi connectivity index (χ1v) is 6.48. The topological polar surface area (TPSA) is 78.6 Å². The van der Waals surface area contributed by atoms with Crippen molar-refractivity contribution in [3.63, 3.8) is 0 Å². The van der Waals surface area contributed by atoms with Crippen molar-refractivity contribution >= 4 is 10.0 Å². The number of ether oxygens (including phenoxy) is 2. The van der Waals surface area contributed by atoms with Crippen molar-refractivity contribution in [1.82, 2.24) is 0 Å². The molecule has 2 N–H and O–H groups in total. The zero-order valence-corrected chi connectivity index (χ0v) is 10.1. The van der Waals surface area contributed by atoms with E-state index in [0.29, 0.717) is 23.7 Å². The summed E-state index contributed by atoms with van der Waals surface area (Å²) in [7, 11) is -2.11. The van der Waals surface area contributed by atoms with E-state index < -0.39 is 10.0 Å². The van der Waals surface area contributed by atoms with Gasteiger partial charge in [-0.3, -0.25) is 0 Å². The predicted octanol–water partition coefficient (Wildman–Crippen LogP) is 0.882. The van der Waals surface area contributed by atoms with Crippen molar-refractivity contribution in [2.45, 2.75) is 12.7 Å². The van der Waals surface area contributed by atoms with Crippen molar-refractivity contribution in [2.75, 3.05) is 13.7 Å². The number of nitrogens with two attached hydrogens (primary N) is 1. The summed E-state index contributed by atoms with van der Waals surface area (Å²) in [4.78, 5) is 0. The minimum Gasteiger partial charge on any atom is -0.493 e. The molecular formula is C10H15NO4S. The summed E-state index contributed by atoms with van der Waals surface area (Å²) in [5.41, 5.74) is 0.496. The van der Waals surface area contributed by atoms with E-state index in [1.807, 2.05) is 6.92 Å². The SMILES string of the molecule is CCOc1cccc(CS(N)(=O)=O)c1OC. The Hall–Kier alpha value is -1.27. The normalized spacial score (nSPS) is 11.2. The number of hydrogen-bond acceptors (Lipinski definition) is 4. The second-order valence-electron chi connectivity index (χ2n) is 3.19. The third-order valence-corrected chi connectivity index (χ3v) is 2.63. The highest BCUT2D eigenvalue weighted by Gasteiger charge is 2.14. The van der Waals surface area contributed by atoms with E-state index in [1.165, 1.54) is 7.11 Å². The van der Waals surface area contributed by atoms with Crippen molar-refractivity contribution in [3.05, 3.63) is 23.8 Å². The van der Waals surface area contributed by atoms with Crippen LogP contribution in [-0.2, 0) is 15.8 Å². The molecule has 1 aromatic rings. The molecule has 0 atom stereocenters. The van der Waals surface area contributed by atoms with E-state index >= 15 is 0 Å². The van der Waals surface area contributed by atoms with Crippen molar-refractivity contribution in [1.29, 1.82) is 0 Å². The fourth-order valence-electron chi connectivity index (χ4n) is 1.39. The van der Waals surface area contributed by atoms with Gasteiger partial charge in [0.25, 0.3) is 0 Å². The van der Waals surface area contributed by atoms with Gasteiger partial charge in [0.2, 0.25) is 10.0 Å². The molecule has 16 heavy (non-hydrogen) atoms. The molecule has 0 heterocycles. The lowest BCUT2D eigenvalue weighted by Crippen LogP contribution is -2.15. The monoisotopic (exact) mass is 245 g/mol. The van der Waals surface area contributed by atoms with Gasteiger partial charge in [-0.1, -0.05) is 12.1 Å². The molecule has 0 amide bonds. The second kappa shape index (κ2) is 5.18. The van der Waals surface area contributed by atoms with E-state index in [1.54, 1.807) is 18.2 Å². The quantitative estimate of drug-likeness (QED) is 0.835. The molecule has 0 bridgehead atoms. The summed E-state index contributed by atoms with van der Waals surface area (Å²) in [5.74, 6) is 0.668. The third kappa shape index (κ3) is 3.39. The van der Waals surface area contributed by atoms with Gasteiger partial charge in [0.15, 0.2) is 11.5 Å². The van der Waals surface area contributed by atoms with Gasteiger partial charge in [-0.2, -0.15) is 0 Å². The van der Waals surface area contributed by atoms with Gasteiger partial charge in [0.05, 0.1) is 19.5 Å².